The van der Waals surface area contributed by atoms with Gasteiger partial charge >= 0.3 is 0 Å². The van der Waals surface area contributed by atoms with E-state index in [4.69, 9.17) is 15.2 Å². The summed E-state index contributed by atoms with van der Waals surface area (Å²) in [4.78, 5) is 0. The Balaban J connectivity index is 2.01. The number of hydrogen-bond acceptors (Lipinski definition) is 3. The molecule has 0 saturated heterocycles. The second kappa shape index (κ2) is 7.65. The molecule has 0 aliphatic heterocycles. The zero-order valence-electron chi connectivity index (χ0n) is 12.7. The second-order valence-corrected chi connectivity index (χ2v) is 5.74. The summed E-state index contributed by atoms with van der Waals surface area (Å²) >= 11 is 0. The Bertz CT molecular complexity index is 408. The molecular weight excluding hydrogens is 250 g/mol. The summed E-state index contributed by atoms with van der Waals surface area (Å²) < 4.78 is 11.7. The molecule has 1 aromatic rings. The predicted octanol–water partition coefficient (Wildman–Crippen LogP) is 3.30. The van der Waals surface area contributed by atoms with Gasteiger partial charge in [0.2, 0.25) is 0 Å². The van der Waals surface area contributed by atoms with Gasteiger partial charge in [-0.15, -0.1) is 0 Å². The normalized spacial score (nSPS) is 24.4. The minimum absolute atomic E-state index is 0.206. The quantitative estimate of drug-likeness (QED) is 0.867. The fourth-order valence-electron chi connectivity index (χ4n) is 2.82. The maximum Gasteiger partial charge on any atom is 0.122 e. The molecule has 112 valence electrons. The summed E-state index contributed by atoms with van der Waals surface area (Å²) in [6.07, 6.45) is 6.93. The molecule has 1 saturated carbocycles. The third-order valence-corrected chi connectivity index (χ3v) is 4.18. The topological polar surface area (TPSA) is 44.5 Å². The lowest BCUT2D eigenvalue weighted by atomic mass is 9.94. The highest BCUT2D eigenvalue weighted by molar-refractivity contribution is 5.34. The molecule has 1 aliphatic carbocycles. The van der Waals surface area contributed by atoms with Gasteiger partial charge in [0.25, 0.3) is 0 Å². The van der Waals surface area contributed by atoms with Crippen LogP contribution in [-0.4, -0.2) is 25.4 Å². The number of nitrogens with two attached hydrogens (primary N) is 1. The molecule has 3 unspecified atom stereocenters. The maximum atomic E-state index is 6.23. The summed E-state index contributed by atoms with van der Waals surface area (Å²) in [7, 11) is 1.79. The number of benzene rings is 1. The van der Waals surface area contributed by atoms with Crippen LogP contribution >= 0.6 is 0 Å². The Morgan fingerprint density at radius 1 is 1.25 bits per heavy atom. The van der Waals surface area contributed by atoms with Crippen LogP contribution in [0.4, 0.5) is 0 Å². The summed E-state index contributed by atoms with van der Waals surface area (Å²) in [6, 6.07) is 8.49. The van der Waals surface area contributed by atoms with E-state index >= 15 is 0 Å². The van der Waals surface area contributed by atoms with Crippen molar-refractivity contribution in [1.82, 2.24) is 0 Å². The van der Waals surface area contributed by atoms with Crippen LogP contribution < -0.4 is 10.5 Å². The van der Waals surface area contributed by atoms with Crippen LogP contribution in [0.25, 0.3) is 0 Å². The Morgan fingerprint density at radius 3 is 2.75 bits per heavy atom. The molecule has 2 rings (SSSR count). The third-order valence-electron chi connectivity index (χ3n) is 4.18. The zero-order valence-corrected chi connectivity index (χ0v) is 12.7. The summed E-state index contributed by atoms with van der Waals surface area (Å²) in [5.41, 5.74) is 7.30. The number of para-hydroxylation sites is 1. The molecule has 0 aromatic heterocycles. The lowest BCUT2D eigenvalue weighted by Crippen LogP contribution is -2.30. The molecule has 0 radical (unpaired) electrons. The number of hydrogen-bond donors (Lipinski definition) is 1. The van der Waals surface area contributed by atoms with Crippen LogP contribution in [0.1, 0.15) is 44.6 Å². The molecule has 0 amide bonds. The van der Waals surface area contributed by atoms with Gasteiger partial charge < -0.3 is 15.2 Å². The Kier molecular flexibility index (Phi) is 5.86. The molecular formula is C17H27NO2. The van der Waals surface area contributed by atoms with Crippen molar-refractivity contribution in [3.05, 3.63) is 29.8 Å². The van der Waals surface area contributed by atoms with Gasteiger partial charge in [-0.1, -0.05) is 25.1 Å². The average molecular weight is 277 g/mol. The molecule has 1 aromatic carbocycles. The molecule has 1 aliphatic rings. The summed E-state index contributed by atoms with van der Waals surface area (Å²) in [5.74, 6) is 0.998. The Labute approximate surface area is 122 Å². The van der Waals surface area contributed by atoms with E-state index in [2.05, 4.69) is 25.1 Å². The Morgan fingerprint density at radius 2 is 2.00 bits per heavy atom. The van der Waals surface area contributed by atoms with Crippen LogP contribution in [0.15, 0.2) is 24.3 Å². The molecule has 3 nitrogen and oxygen atoms in total. The van der Waals surface area contributed by atoms with E-state index in [1.54, 1.807) is 7.11 Å². The average Bonchev–Trinajstić information content (AvgIpc) is 2.49. The predicted molar refractivity (Wildman–Crippen MR) is 82.1 cm³/mol. The molecule has 2 N–H and O–H groups in total. The van der Waals surface area contributed by atoms with Gasteiger partial charge in [0, 0.05) is 19.6 Å². The minimum atomic E-state index is 0.206. The van der Waals surface area contributed by atoms with E-state index in [0.29, 0.717) is 6.10 Å². The van der Waals surface area contributed by atoms with Gasteiger partial charge in [-0.25, -0.2) is 0 Å². The van der Waals surface area contributed by atoms with Crippen molar-refractivity contribution in [2.75, 3.05) is 7.11 Å². The smallest absolute Gasteiger partial charge is 0.122 e. The standard InChI is InChI=1S/C17H27NO2/c1-3-14(18)11-13-7-4-5-10-17(13)20-16-9-6-8-15(12-16)19-2/h4-5,7,10,14-16H,3,6,8-9,11-12,18H2,1-2H3. The SMILES string of the molecule is CCC(N)Cc1ccccc1OC1CCCC(OC)C1. The van der Waals surface area contributed by atoms with Crippen molar-refractivity contribution in [3.8, 4) is 5.75 Å². The van der Waals surface area contributed by atoms with E-state index in [0.717, 1.165) is 37.9 Å². The van der Waals surface area contributed by atoms with Crippen molar-refractivity contribution >= 4 is 0 Å². The first-order valence-electron chi connectivity index (χ1n) is 7.75. The molecule has 0 heterocycles. The lowest BCUT2D eigenvalue weighted by molar-refractivity contribution is 0.0206. The monoisotopic (exact) mass is 277 g/mol. The van der Waals surface area contributed by atoms with E-state index in [1.165, 1.54) is 12.0 Å². The van der Waals surface area contributed by atoms with Crippen molar-refractivity contribution < 1.29 is 9.47 Å². The zero-order chi connectivity index (χ0) is 14.4. The van der Waals surface area contributed by atoms with Crippen LogP contribution in [0.2, 0.25) is 0 Å². The second-order valence-electron chi connectivity index (χ2n) is 5.74. The maximum absolute atomic E-state index is 6.23. The van der Waals surface area contributed by atoms with E-state index < -0.39 is 0 Å². The van der Waals surface area contributed by atoms with Gasteiger partial charge in [0.1, 0.15) is 11.9 Å². The van der Waals surface area contributed by atoms with Crippen LogP contribution in [0.5, 0.6) is 5.75 Å². The van der Waals surface area contributed by atoms with Crippen molar-refractivity contribution in [2.24, 2.45) is 5.73 Å². The lowest BCUT2D eigenvalue weighted by Gasteiger charge is -2.29. The van der Waals surface area contributed by atoms with E-state index in [1.807, 2.05) is 6.07 Å². The van der Waals surface area contributed by atoms with Crippen molar-refractivity contribution in [1.29, 1.82) is 0 Å². The van der Waals surface area contributed by atoms with Crippen molar-refractivity contribution in [3.63, 3.8) is 0 Å². The molecule has 0 spiro atoms. The van der Waals surface area contributed by atoms with Crippen LogP contribution in [0.3, 0.4) is 0 Å². The van der Waals surface area contributed by atoms with Gasteiger partial charge in [0.05, 0.1) is 6.10 Å². The largest absolute Gasteiger partial charge is 0.490 e. The highest BCUT2D eigenvalue weighted by Gasteiger charge is 2.23. The number of rotatable bonds is 6. The first kappa shape index (κ1) is 15.3. The third kappa shape index (κ3) is 4.22. The molecule has 3 atom stereocenters. The first-order chi connectivity index (χ1) is 9.72. The molecule has 3 heteroatoms. The minimum Gasteiger partial charge on any atom is -0.490 e. The van der Waals surface area contributed by atoms with Gasteiger partial charge in [-0.3, -0.25) is 0 Å². The molecule has 1 fully saturated rings. The summed E-state index contributed by atoms with van der Waals surface area (Å²) in [6.45, 7) is 2.12. The molecule has 20 heavy (non-hydrogen) atoms. The van der Waals surface area contributed by atoms with E-state index in [-0.39, 0.29) is 12.1 Å². The highest BCUT2D eigenvalue weighted by atomic mass is 16.5. The fraction of sp³-hybridized carbons (Fsp3) is 0.647. The Hall–Kier alpha value is -1.06. The van der Waals surface area contributed by atoms with Crippen LogP contribution in [-0.2, 0) is 11.2 Å². The fourth-order valence-corrected chi connectivity index (χ4v) is 2.82. The van der Waals surface area contributed by atoms with E-state index in [9.17, 15) is 0 Å². The first-order valence-corrected chi connectivity index (χ1v) is 7.75. The molecule has 0 bridgehead atoms. The highest BCUT2D eigenvalue weighted by Crippen LogP contribution is 2.28. The van der Waals surface area contributed by atoms with Gasteiger partial charge in [-0.2, -0.15) is 0 Å². The van der Waals surface area contributed by atoms with Gasteiger partial charge in [-0.05, 0) is 43.7 Å². The van der Waals surface area contributed by atoms with Crippen LogP contribution in [0, 0.1) is 0 Å². The number of methoxy groups -OCH3 is 1. The summed E-state index contributed by atoms with van der Waals surface area (Å²) in [5, 5.41) is 0. The number of ether oxygens (including phenoxy) is 2. The van der Waals surface area contributed by atoms with Gasteiger partial charge in [0.15, 0.2) is 0 Å². The van der Waals surface area contributed by atoms with Crippen molar-refractivity contribution in [2.45, 2.75) is 63.7 Å².